The highest BCUT2D eigenvalue weighted by atomic mass is 16.4. The Kier molecular flexibility index (Phi) is 3.78. The molecule has 0 aromatic rings. The molecule has 0 unspecified atom stereocenters. The van der Waals surface area contributed by atoms with E-state index < -0.39 is 5.41 Å². The lowest BCUT2D eigenvalue weighted by Gasteiger charge is -2.34. The molecule has 2 fully saturated rings. The third-order valence-electron chi connectivity index (χ3n) is 4.38. The summed E-state index contributed by atoms with van der Waals surface area (Å²) in [7, 11) is 1.84. The molecule has 0 atom stereocenters. The molecule has 5 nitrogen and oxygen atoms in total. The van der Waals surface area contributed by atoms with E-state index in [-0.39, 0.29) is 11.7 Å². The van der Waals surface area contributed by atoms with Gasteiger partial charge in [-0.1, -0.05) is 30.8 Å². The maximum Gasteiger partial charge on any atom is 0.236 e. The van der Waals surface area contributed by atoms with E-state index in [9.17, 15) is 4.79 Å². The van der Waals surface area contributed by atoms with E-state index in [1.165, 1.54) is 0 Å². The van der Waals surface area contributed by atoms with E-state index in [1.54, 1.807) is 0 Å². The summed E-state index contributed by atoms with van der Waals surface area (Å²) in [6.07, 6.45) is 7.77. The Labute approximate surface area is 108 Å². The van der Waals surface area contributed by atoms with E-state index in [4.69, 9.17) is 10.9 Å². The Morgan fingerprint density at radius 1 is 1.28 bits per heavy atom. The van der Waals surface area contributed by atoms with Crippen LogP contribution in [-0.4, -0.2) is 34.9 Å². The van der Waals surface area contributed by atoms with Gasteiger partial charge in [-0.15, -0.1) is 0 Å². The van der Waals surface area contributed by atoms with Crippen molar-refractivity contribution >= 4 is 11.7 Å². The fourth-order valence-corrected chi connectivity index (χ4v) is 2.97. The van der Waals surface area contributed by atoms with Gasteiger partial charge in [0.25, 0.3) is 0 Å². The van der Waals surface area contributed by atoms with Crippen molar-refractivity contribution in [3.8, 4) is 0 Å². The van der Waals surface area contributed by atoms with E-state index in [1.807, 2.05) is 11.9 Å². The molecule has 0 radical (unpaired) electrons. The third kappa shape index (κ3) is 2.31. The van der Waals surface area contributed by atoms with Crippen LogP contribution in [0, 0.1) is 5.41 Å². The molecule has 2 saturated carbocycles. The van der Waals surface area contributed by atoms with Crippen molar-refractivity contribution in [1.82, 2.24) is 4.90 Å². The van der Waals surface area contributed by atoms with Gasteiger partial charge in [0.15, 0.2) is 5.84 Å². The SMILES string of the molecule is CN(C(=O)C1(C(N)=NO)CCCCCC1)C1CC1. The van der Waals surface area contributed by atoms with Crippen LogP contribution in [0.2, 0.25) is 0 Å². The largest absolute Gasteiger partial charge is 0.409 e. The van der Waals surface area contributed by atoms with Crippen molar-refractivity contribution in [2.24, 2.45) is 16.3 Å². The van der Waals surface area contributed by atoms with Gasteiger partial charge in [-0.3, -0.25) is 4.79 Å². The van der Waals surface area contributed by atoms with E-state index in [0.29, 0.717) is 18.9 Å². The summed E-state index contributed by atoms with van der Waals surface area (Å²) in [5.41, 5.74) is 5.10. The number of oxime groups is 1. The molecule has 0 aliphatic heterocycles. The average molecular weight is 253 g/mol. The van der Waals surface area contributed by atoms with Crippen LogP contribution >= 0.6 is 0 Å². The number of hydrogen-bond acceptors (Lipinski definition) is 3. The number of amidine groups is 1. The van der Waals surface area contributed by atoms with Crippen LogP contribution in [0.25, 0.3) is 0 Å². The van der Waals surface area contributed by atoms with Gasteiger partial charge in [0.2, 0.25) is 5.91 Å². The van der Waals surface area contributed by atoms with Crippen LogP contribution in [0.15, 0.2) is 5.16 Å². The van der Waals surface area contributed by atoms with Gasteiger partial charge in [-0.2, -0.15) is 0 Å². The van der Waals surface area contributed by atoms with E-state index in [0.717, 1.165) is 38.5 Å². The number of nitrogens with zero attached hydrogens (tertiary/aromatic N) is 2. The highest BCUT2D eigenvalue weighted by Gasteiger charge is 2.47. The fourth-order valence-electron chi connectivity index (χ4n) is 2.97. The molecule has 0 spiro atoms. The first-order valence-electron chi connectivity index (χ1n) is 6.87. The zero-order valence-electron chi connectivity index (χ0n) is 11.1. The molecular formula is C13H23N3O2. The maximum absolute atomic E-state index is 12.7. The van der Waals surface area contributed by atoms with Crippen molar-refractivity contribution < 1.29 is 10.0 Å². The first-order chi connectivity index (χ1) is 8.62. The first-order valence-corrected chi connectivity index (χ1v) is 6.87. The maximum atomic E-state index is 12.7. The number of carbonyl (C=O) groups excluding carboxylic acids is 1. The van der Waals surface area contributed by atoms with Gasteiger partial charge < -0.3 is 15.8 Å². The highest BCUT2D eigenvalue weighted by molar-refractivity contribution is 6.06. The predicted octanol–water partition coefficient (Wildman–Crippen LogP) is 1.69. The average Bonchev–Trinajstić information content (AvgIpc) is 3.21. The van der Waals surface area contributed by atoms with Gasteiger partial charge in [-0.25, -0.2) is 0 Å². The summed E-state index contributed by atoms with van der Waals surface area (Å²) in [4.78, 5) is 14.5. The van der Waals surface area contributed by atoms with Crippen LogP contribution in [0.5, 0.6) is 0 Å². The van der Waals surface area contributed by atoms with Gasteiger partial charge in [-0.05, 0) is 25.7 Å². The Morgan fingerprint density at radius 2 is 1.83 bits per heavy atom. The van der Waals surface area contributed by atoms with E-state index in [2.05, 4.69) is 5.16 Å². The second-order valence-corrected chi connectivity index (χ2v) is 5.63. The molecule has 3 N–H and O–H groups in total. The summed E-state index contributed by atoms with van der Waals surface area (Å²) < 4.78 is 0. The van der Waals surface area contributed by atoms with Gasteiger partial charge in [0.1, 0.15) is 5.41 Å². The first kappa shape index (κ1) is 13.2. The molecule has 0 aromatic carbocycles. The van der Waals surface area contributed by atoms with Gasteiger partial charge in [0.05, 0.1) is 0 Å². The number of rotatable bonds is 3. The van der Waals surface area contributed by atoms with Crippen LogP contribution in [0.3, 0.4) is 0 Å². The Hall–Kier alpha value is -1.26. The zero-order valence-corrected chi connectivity index (χ0v) is 11.1. The smallest absolute Gasteiger partial charge is 0.236 e. The van der Waals surface area contributed by atoms with Crippen LogP contribution in [0.4, 0.5) is 0 Å². The summed E-state index contributed by atoms with van der Waals surface area (Å²) >= 11 is 0. The van der Waals surface area contributed by atoms with Gasteiger partial charge >= 0.3 is 0 Å². The van der Waals surface area contributed by atoms with Crippen molar-refractivity contribution in [3.63, 3.8) is 0 Å². The summed E-state index contributed by atoms with van der Waals surface area (Å²) in [6, 6.07) is 0.365. The lowest BCUT2D eigenvalue weighted by Crippen LogP contribution is -2.50. The molecule has 0 saturated heterocycles. The fraction of sp³-hybridized carbons (Fsp3) is 0.846. The molecule has 2 aliphatic rings. The number of hydrogen-bond donors (Lipinski definition) is 2. The lowest BCUT2D eigenvalue weighted by molar-refractivity contribution is -0.138. The molecule has 2 aliphatic carbocycles. The lowest BCUT2D eigenvalue weighted by atomic mass is 9.77. The molecule has 1 amide bonds. The Morgan fingerprint density at radius 3 is 2.28 bits per heavy atom. The number of carbonyl (C=O) groups is 1. The minimum Gasteiger partial charge on any atom is -0.409 e. The van der Waals surface area contributed by atoms with Crippen LogP contribution in [-0.2, 0) is 4.79 Å². The minimum absolute atomic E-state index is 0.0437. The summed E-state index contributed by atoms with van der Waals surface area (Å²) in [5, 5.41) is 12.2. The quantitative estimate of drug-likeness (QED) is 0.264. The molecule has 0 aromatic heterocycles. The molecule has 5 heteroatoms. The van der Waals surface area contributed by atoms with Crippen LogP contribution in [0.1, 0.15) is 51.4 Å². The van der Waals surface area contributed by atoms with Crippen molar-refractivity contribution in [2.45, 2.75) is 57.4 Å². The molecule has 0 bridgehead atoms. The van der Waals surface area contributed by atoms with E-state index >= 15 is 0 Å². The van der Waals surface area contributed by atoms with Crippen LogP contribution < -0.4 is 5.73 Å². The second kappa shape index (κ2) is 5.16. The zero-order chi connectivity index (χ0) is 13.2. The standard InChI is InChI=1S/C13H23N3O2/c1-16(10-6-7-10)12(17)13(11(14)15-18)8-4-2-3-5-9-13/h10,18H,2-9H2,1H3,(H2,14,15). The Bertz CT molecular complexity index is 342. The second-order valence-electron chi connectivity index (χ2n) is 5.63. The molecule has 2 rings (SSSR count). The Balaban J connectivity index is 2.24. The highest BCUT2D eigenvalue weighted by Crippen LogP contribution is 2.39. The topological polar surface area (TPSA) is 78.9 Å². The van der Waals surface area contributed by atoms with Crippen molar-refractivity contribution in [1.29, 1.82) is 0 Å². The molecule has 0 heterocycles. The van der Waals surface area contributed by atoms with Gasteiger partial charge in [0, 0.05) is 13.1 Å². The number of nitrogens with two attached hydrogens (primary N) is 1. The summed E-state index contributed by atoms with van der Waals surface area (Å²) in [5.74, 6) is 0.143. The molecule has 102 valence electrons. The third-order valence-corrected chi connectivity index (χ3v) is 4.38. The monoisotopic (exact) mass is 253 g/mol. The predicted molar refractivity (Wildman–Crippen MR) is 69.3 cm³/mol. The van der Waals surface area contributed by atoms with Crippen molar-refractivity contribution in [2.75, 3.05) is 7.05 Å². The summed E-state index contributed by atoms with van der Waals surface area (Å²) in [6.45, 7) is 0. The normalized spacial score (nSPS) is 24.4. The minimum atomic E-state index is -0.761. The van der Waals surface area contributed by atoms with Crippen molar-refractivity contribution in [3.05, 3.63) is 0 Å². The molecule has 18 heavy (non-hydrogen) atoms. The number of amides is 1. The molecular weight excluding hydrogens is 230 g/mol.